The van der Waals surface area contributed by atoms with Crippen LogP contribution in [0.1, 0.15) is 13.8 Å². The molecule has 0 aromatic heterocycles. The predicted octanol–water partition coefficient (Wildman–Crippen LogP) is 3.29. The Hall–Kier alpha value is -1.29. The lowest BCUT2D eigenvalue weighted by Gasteiger charge is -2.07. The van der Waals surface area contributed by atoms with Crippen molar-refractivity contribution in [3.8, 4) is 5.75 Å². The van der Waals surface area contributed by atoms with E-state index < -0.39 is 5.97 Å². The van der Waals surface area contributed by atoms with Crippen LogP contribution in [-0.2, 0) is 9.53 Å². The average Bonchev–Trinajstić information content (AvgIpc) is 2.21. The van der Waals surface area contributed by atoms with Crippen LogP contribution in [0.4, 0.5) is 0 Å². The van der Waals surface area contributed by atoms with Gasteiger partial charge in [-0.1, -0.05) is 12.1 Å². The first-order chi connectivity index (χ1) is 7.63. The lowest BCUT2D eigenvalue weighted by atomic mass is 10.3. The van der Waals surface area contributed by atoms with E-state index >= 15 is 0 Å². The lowest BCUT2D eigenvalue weighted by Crippen LogP contribution is -2.02. The van der Waals surface area contributed by atoms with Gasteiger partial charge in [-0.3, -0.25) is 0 Å². The molecule has 0 amide bonds. The molecular weight excluding hydrogens is 272 g/mol. The first-order valence-corrected chi connectivity index (χ1v) is 5.70. The largest absolute Gasteiger partial charge is 0.463 e. The maximum Gasteiger partial charge on any atom is 0.334 e. The van der Waals surface area contributed by atoms with Crippen molar-refractivity contribution in [3.63, 3.8) is 0 Å². The Bertz CT molecular complexity index is 399. The Morgan fingerprint density at radius 1 is 1.44 bits per heavy atom. The van der Waals surface area contributed by atoms with Crippen LogP contribution in [0.3, 0.4) is 0 Å². The standard InChI is InChI=1S/C12H13BrO3/c1-3-15-12(14)8-9(2)16-11-7-5-4-6-10(11)13/h4-8H,3H2,1-2H3. The van der Waals surface area contributed by atoms with Crippen molar-refractivity contribution in [2.24, 2.45) is 0 Å². The van der Waals surface area contributed by atoms with E-state index in [-0.39, 0.29) is 0 Å². The van der Waals surface area contributed by atoms with Crippen molar-refractivity contribution in [1.29, 1.82) is 0 Å². The number of carbonyl (C=O) groups is 1. The minimum absolute atomic E-state index is 0.359. The first-order valence-electron chi connectivity index (χ1n) is 4.91. The fourth-order valence-corrected chi connectivity index (χ4v) is 1.45. The maximum atomic E-state index is 11.1. The van der Waals surface area contributed by atoms with Gasteiger partial charge in [-0.2, -0.15) is 0 Å². The van der Waals surface area contributed by atoms with Crippen molar-refractivity contribution in [2.75, 3.05) is 6.61 Å². The summed E-state index contributed by atoms with van der Waals surface area (Å²) in [5.74, 6) is 0.762. The van der Waals surface area contributed by atoms with E-state index in [1.54, 1.807) is 13.8 Å². The van der Waals surface area contributed by atoms with Gasteiger partial charge in [0.1, 0.15) is 11.5 Å². The van der Waals surface area contributed by atoms with Crippen molar-refractivity contribution in [3.05, 3.63) is 40.6 Å². The molecule has 4 heteroatoms. The SMILES string of the molecule is CCOC(=O)C=C(C)Oc1ccccc1Br. The lowest BCUT2D eigenvalue weighted by molar-refractivity contribution is -0.137. The highest BCUT2D eigenvalue weighted by molar-refractivity contribution is 9.10. The summed E-state index contributed by atoms with van der Waals surface area (Å²) in [5, 5.41) is 0. The Balaban J connectivity index is 2.67. The molecule has 0 unspecified atom stereocenters. The van der Waals surface area contributed by atoms with Gasteiger partial charge in [-0.25, -0.2) is 4.79 Å². The molecule has 0 aliphatic carbocycles. The Morgan fingerprint density at radius 2 is 2.12 bits per heavy atom. The number of hydrogen-bond donors (Lipinski definition) is 0. The molecule has 0 saturated carbocycles. The quantitative estimate of drug-likeness (QED) is 0.484. The van der Waals surface area contributed by atoms with Gasteiger partial charge in [0, 0.05) is 0 Å². The molecule has 0 radical (unpaired) electrons. The van der Waals surface area contributed by atoms with Crippen molar-refractivity contribution >= 4 is 21.9 Å². The average molecular weight is 285 g/mol. The summed E-state index contributed by atoms with van der Waals surface area (Å²) in [7, 11) is 0. The highest BCUT2D eigenvalue weighted by Gasteiger charge is 2.03. The van der Waals surface area contributed by atoms with Crippen molar-refractivity contribution in [1.82, 2.24) is 0 Å². The van der Waals surface area contributed by atoms with Gasteiger partial charge < -0.3 is 9.47 Å². The van der Waals surface area contributed by atoms with Gasteiger partial charge in [0.2, 0.25) is 0 Å². The summed E-state index contributed by atoms with van der Waals surface area (Å²) in [6, 6.07) is 7.43. The Labute approximate surface area is 103 Å². The number of rotatable bonds is 4. The third kappa shape index (κ3) is 4.06. The minimum Gasteiger partial charge on any atom is -0.463 e. The van der Waals surface area contributed by atoms with E-state index in [1.165, 1.54) is 6.08 Å². The number of ether oxygens (including phenoxy) is 2. The minimum atomic E-state index is -0.396. The molecule has 1 aromatic rings. The van der Waals surface area contributed by atoms with Crippen LogP contribution in [0.2, 0.25) is 0 Å². The van der Waals surface area contributed by atoms with Gasteiger partial charge in [-0.15, -0.1) is 0 Å². The van der Waals surface area contributed by atoms with E-state index in [0.717, 1.165) is 4.47 Å². The predicted molar refractivity (Wildman–Crippen MR) is 65.2 cm³/mol. The zero-order valence-electron chi connectivity index (χ0n) is 9.20. The number of esters is 1. The number of carbonyl (C=O) groups excluding carboxylic acids is 1. The smallest absolute Gasteiger partial charge is 0.334 e. The van der Waals surface area contributed by atoms with Gasteiger partial charge in [0.25, 0.3) is 0 Å². The summed E-state index contributed by atoms with van der Waals surface area (Å²) >= 11 is 3.35. The summed E-state index contributed by atoms with van der Waals surface area (Å²) in [6.07, 6.45) is 1.32. The molecule has 0 heterocycles. The van der Waals surface area contributed by atoms with E-state index in [4.69, 9.17) is 9.47 Å². The van der Waals surface area contributed by atoms with Crippen LogP contribution < -0.4 is 4.74 Å². The topological polar surface area (TPSA) is 35.5 Å². The molecule has 86 valence electrons. The number of hydrogen-bond acceptors (Lipinski definition) is 3. The van der Waals surface area contributed by atoms with E-state index in [0.29, 0.717) is 18.1 Å². The molecular formula is C12H13BrO3. The summed E-state index contributed by atoms with van der Waals surface area (Å²) in [5.41, 5.74) is 0. The van der Waals surface area contributed by atoms with Crippen molar-refractivity contribution < 1.29 is 14.3 Å². The molecule has 0 fully saturated rings. The molecule has 0 atom stereocenters. The summed E-state index contributed by atoms with van der Waals surface area (Å²) < 4.78 is 11.1. The van der Waals surface area contributed by atoms with Gasteiger partial charge in [0.15, 0.2) is 0 Å². The fourth-order valence-electron chi connectivity index (χ4n) is 1.08. The molecule has 1 aromatic carbocycles. The summed E-state index contributed by atoms with van der Waals surface area (Å²) in [6.45, 7) is 3.82. The second kappa shape index (κ2) is 6.33. The second-order valence-electron chi connectivity index (χ2n) is 3.04. The van der Waals surface area contributed by atoms with Crippen LogP contribution in [0.25, 0.3) is 0 Å². The highest BCUT2D eigenvalue weighted by Crippen LogP contribution is 2.25. The fraction of sp³-hybridized carbons (Fsp3) is 0.250. The monoisotopic (exact) mass is 284 g/mol. The van der Waals surface area contributed by atoms with Crippen LogP contribution in [0.15, 0.2) is 40.6 Å². The molecule has 3 nitrogen and oxygen atoms in total. The third-order valence-corrected chi connectivity index (χ3v) is 2.37. The van der Waals surface area contributed by atoms with E-state index in [9.17, 15) is 4.79 Å². The van der Waals surface area contributed by atoms with Gasteiger partial charge in [-0.05, 0) is 41.9 Å². The third-order valence-electron chi connectivity index (χ3n) is 1.72. The number of halogens is 1. The Morgan fingerprint density at radius 3 is 2.75 bits per heavy atom. The van der Waals surface area contributed by atoms with Crippen LogP contribution in [-0.4, -0.2) is 12.6 Å². The molecule has 0 aliphatic heterocycles. The Kier molecular flexibility index (Phi) is 5.05. The molecule has 0 bridgehead atoms. The zero-order valence-corrected chi connectivity index (χ0v) is 10.8. The molecule has 0 saturated heterocycles. The molecule has 0 N–H and O–H groups in total. The maximum absolute atomic E-state index is 11.1. The molecule has 0 aliphatic rings. The molecule has 16 heavy (non-hydrogen) atoms. The summed E-state index contributed by atoms with van der Waals surface area (Å²) in [4.78, 5) is 11.1. The first kappa shape index (κ1) is 12.8. The van der Waals surface area contributed by atoms with Gasteiger partial charge in [0.05, 0.1) is 17.2 Å². The number of para-hydroxylation sites is 1. The zero-order chi connectivity index (χ0) is 12.0. The molecule has 1 rings (SSSR count). The van der Waals surface area contributed by atoms with E-state index in [2.05, 4.69) is 15.9 Å². The number of allylic oxidation sites excluding steroid dienone is 1. The molecule has 0 spiro atoms. The van der Waals surface area contributed by atoms with Crippen molar-refractivity contribution in [2.45, 2.75) is 13.8 Å². The van der Waals surface area contributed by atoms with Gasteiger partial charge >= 0.3 is 5.97 Å². The van der Waals surface area contributed by atoms with E-state index in [1.807, 2.05) is 24.3 Å². The second-order valence-corrected chi connectivity index (χ2v) is 3.89. The number of benzene rings is 1. The van der Waals surface area contributed by atoms with Crippen LogP contribution >= 0.6 is 15.9 Å². The van der Waals surface area contributed by atoms with Crippen LogP contribution in [0, 0.1) is 0 Å². The highest BCUT2D eigenvalue weighted by atomic mass is 79.9. The normalized spacial score (nSPS) is 11.1. The van der Waals surface area contributed by atoms with Crippen LogP contribution in [0.5, 0.6) is 5.75 Å².